The summed E-state index contributed by atoms with van der Waals surface area (Å²) >= 11 is 0. The molecule has 3 rings (SSSR count). The lowest BCUT2D eigenvalue weighted by Gasteiger charge is -2.13. The number of nitrogens with two attached hydrogens (primary N) is 1. The van der Waals surface area contributed by atoms with E-state index in [4.69, 9.17) is 10.6 Å². The van der Waals surface area contributed by atoms with Gasteiger partial charge >= 0.3 is 0 Å². The van der Waals surface area contributed by atoms with E-state index in [1.165, 1.54) is 0 Å². The van der Waals surface area contributed by atoms with E-state index in [-0.39, 0.29) is 12.2 Å². The van der Waals surface area contributed by atoms with E-state index < -0.39 is 0 Å². The van der Waals surface area contributed by atoms with Crippen molar-refractivity contribution in [1.82, 2.24) is 9.66 Å². The molecule has 0 spiro atoms. The molecule has 1 aromatic heterocycles. The van der Waals surface area contributed by atoms with Crippen molar-refractivity contribution in [2.24, 2.45) is 0 Å². The lowest BCUT2D eigenvalue weighted by atomic mass is 10.1. The van der Waals surface area contributed by atoms with Gasteiger partial charge in [-0.05, 0) is 37.1 Å². The van der Waals surface area contributed by atoms with Gasteiger partial charge in [0.15, 0.2) is 5.82 Å². The minimum Gasteiger partial charge on any atom is -0.485 e. The fourth-order valence-electron chi connectivity index (χ4n) is 2.46. The molecule has 0 atom stereocenters. The molecule has 0 saturated carbocycles. The predicted molar refractivity (Wildman–Crippen MR) is 86.4 cm³/mol. The smallest absolute Gasteiger partial charge is 0.279 e. The number of aryl methyl sites for hydroxylation is 2. The zero-order chi connectivity index (χ0) is 15.7. The molecule has 0 amide bonds. The second-order valence-electron chi connectivity index (χ2n) is 5.23. The number of nitrogen functional groups attached to an aromatic ring is 1. The molecular weight excluding hydrogens is 278 g/mol. The molecule has 0 aliphatic heterocycles. The summed E-state index contributed by atoms with van der Waals surface area (Å²) < 4.78 is 6.89. The van der Waals surface area contributed by atoms with Gasteiger partial charge < -0.3 is 10.6 Å². The molecule has 0 bridgehead atoms. The molecule has 0 saturated heterocycles. The summed E-state index contributed by atoms with van der Waals surface area (Å²) in [6.07, 6.45) is 0. The monoisotopic (exact) mass is 295 g/mol. The van der Waals surface area contributed by atoms with Gasteiger partial charge in [0.25, 0.3) is 5.56 Å². The first-order valence-corrected chi connectivity index (χ1v) is 7.02. The minimum absolute atomic E-state index is 0.141. The highest BCUT2D eigenvalue weighted by Gasteiger charge is 2.10. The summed E-state index contributed by atoms with van der Waals surface area (Å²) in [6, 6.07) is 13.1. The first-order chi connectivity index (χ1) is 10.6. The normalized spacial score (nSPS) is 10.8. The van der Waals surface area contributed by atoms with Crippen molar-refractivity contribution in [2.75, 3.05) is 5.84 Å². The first kappa shape index (κ1) is 14.1. The average Bonchev–Trinajstić information content (AvgIpc) is 2.51. The van der Waals surface area contributed by atoms with Gasteiger partial charge in [0, 0.05) is 0 Å². The standard InChI is InChI=1S/C17H17N3O2/c1-11-6-5-7-12(2)16(11)22-10-15-19-14-9-4-3-8-13(14)17(21)20(15)18/h3-9H,10,18H2,1-2H3. The molecule has 0 radical (unpaired) electrons. The Bertz CT molecular complexity index is 880. The second-order valence-corrected chi connectivity index (χ2v) is 5.23. The summed E-state index contributed by atoms with van der Waals surface area (Å²) in [7, 11) is 0. The van der Waals surface area contributed by atoms with Gasteiger partial charge in [0.2, 0.25) is 0 Å². The maximum Gasteiger partial charge on any atom is 0.279 e. The highest BCUT2D eigenvalue weighted by molar-refractivity contribution is 5.77. The van der Waals surface area contributed by atoms with Crippen LogP contribution in [0, 0.1) is 13.8 Å². The number of hydrogen-bond donors (Lipinski definition) is 1. The molecule has 1 heterocycles. The summed E-state index contributed by atoms with van der Waals surface area (Å²) in [4.78, 5) is 16.7. The predicted octanol–water partition coefficient (Wildman–Crippen LogP) is 2.31. The molecule has 3 aromatic rings. The third-order valence-electron chi connectivity index (χ3n) is 3.64. The van der Waals surface area contributed by atoms with Gasteiger partial charge in [0.1, 0.15) is 12.4 Å². The molecule has 112 valence electrons. The highest BCUT2D eigenvalue weighted by atomic mass is 16.5. The molecule has 0 aliphatic rings. The quantitative estimate of drug-likeness (QED) is 0.753. The van der Waals surface area contributed by atoms with E-state index in [1.54, 1.807) is 18.2 Å². The molecule has 0 unspecified atom stereocenters. The number of ether oxygens (including phenoxy) is 1. The van der Waals surface area contributed by atoms with E-state index in [9.17, 15) is 4.79 Å². The number of nitrogens with zero attached hydrogens (tertiary/aromatic N) is 2. The lowest BCUT2D eigenvalue weighted by Crippen LogP contribution is -2.32. The maximum atomic E-state index is 12.2. The number of aromatic nitrogens is 2. The van der Waals surface area contributed by atoms with E-state index in [0.717, 1.165) is 21.6 Å². The van der Waals surface area contributed by atoms with Crippen molar-refractivity contribution >= 4 is 10.9 Å². The van der Waals surface area contributed by atoms with Crippen molar-refractivity contribution in [2.45, 2.75) is 20.5 Å². The SMILES string of the molecule is Cc1cccc(C)c1OCc1nc2ccccc2c(=O)n1N. The van der Waals surface area contributed by atoms with Crippen LogP contribution in [0.2, 0.25) is 0 Å². The summed E-state index contributed by atoms with van der Waals surface area (Å²) in [6.45, 7) is 4.10. The van der Waals surface area contributed by atoms with Gasteiger partial charge in [-0.3, -0.25) is 4.79 Å². The Morgan fingerprint density at radius 3 is 2.50 bits per heavy atom. The minimum atomic E-state index is -0.272. The summed E-state index contributed by atoms with van der Waals surface area (Å²) in [5, 5.41) is 0.501. The fraction of sp³-hybridized carbons (Fsp3) is 0.176. The number of benzene rings is 2. The molecular formula is C17H17N3O2. The molecule has 2 aromatic carbocycles. The topological polar surface area (TPSA) is 70.1 Å². The second kappa shape index (κ2) is 5.52. The third-order valence-corrected chi connectivity index (χ3v) is 3.64. The Kier molecular flexibility index (Phi) is 3.55. The van der Waals surface area contributed by atoms with Crippen LogP contribution in [0.15, 0.2) is 47.3 Å². The first-order valence-electron chi connectivity index (χ1n) is 7.02. The number of para-hydroxylation sites is 2. The Morgan fingerprint density at radius 1 is 1.09 bits per heavy atom. The largest absolute Gasteiger partial charge is 0.485 e. The Labute approximate surface area is 127 Å². The van der Waals surface area contributed by atoms with Crippen LogP contribution in [0.25, 0.3) is 10.9 Å². The van der Waals surface area contributed by atoms with Crippen LogP contribution in [0.1, 0.15) is 17.0 Å². The van der Waals surface area contributed by atoms with Gasteiger partial charge in [-0.2, -0.15) is 0 Å². The zero-order valence-electron chi connectivity index (χ0n) is 12.5. The molecule has 0 fully saturated rings. The third kappa shape index (κ3) is 2.41. The van der Waals surface area contributed by atoms with Gasteiger partial charge in [-0.1, -0.05) is 30.3 Å². The van der Waals surface area contributed by atoms with Crippen LogP contribution in [0.4, 0.5) is 0 Å². The van der Waals surface area contributed by atoms with Crippen molar-refractivity contribution in [3.63, 3.8) is 0 Å². The summed E-state index contributed by atoms with van der Waals surface area (Å²) in [5.74, 6) is 7.04. The van der Waals surface area contributed by atoms with E-state index in [2.05, 4.69) is 4.98 Å². The molecule has 5 nitrogen and oxygen atoms in total. The average molecular weight is 295 g/mol. The van der Waals surface area contributed by atoms with E-state index >= 15 is 0 Å². The summed E-state index contributed by atoms with van der Waals surface area (Å²) in [5.41, 5.74) is 2.42. The Hall–Kier alpha value is -2.82. The maximum absolute atomic E-state index is 12.2. The Morgan fingerprint density at radius 2 is 1.77 bits per heavy atom. The van der Waals surface area contributed by atoms with Crippen LogP contribution in [0.5, 0.6) is 5.75 Å². The van der Waals surface area contributed by atoms with Gasteiger partial charge in [-0.15, -0.1) is 0 Å². The number of fused-ring (bicyclic) bond motifs is 1. The van der Waals surface area contributed by atoms with Gasteiger partial charge in [0.05, 0.1) is 10.9 Å². The molecule has 2 N–H and O–H groups in total. The van der Waals surface area contributed by atoms with Gasteiger partial charge in [-0.25, -0.2) is 9.66 Å². The highest BCUT2D eigenvalue weighted by Crippen LogP contribution is 2.23. The lowest BCUT2D eigenvalue weighted by molar-refractivity contribution is 0.287. The molecule has 5 heteroatoms. The van der Waals surface area contributed by atoms with Crippen LogP contribution < -0.4 is 16.1 Å². The van der Waals surface area contributed by atoms with Crippen molar-refractivity contribution in [3.8, 4) is 5.75 Å². The van der Waals surface area contributed by atoms with Crippen LogP contribution in [0.3, 0.4) is 0 Å². The zero-order valence-corrected chi connectivity index (χ0v) is 12.5. The molecule has 0 aliphatic carbocycles. The fourth-order valence-corrected chi connectivity index (χ4v) is 2.46. The number of rotatable bonds is 3. The van der Waals surface area contributed by atoms with Crippen molar-refractivity contribution in [3.05, 3.63) is 69.8 Å². The van der Waals surface area contributed by atoms with E-state index in [1.807, 2.05) is 38.1 Å². The number of hydrogen-bond acceptors (Lipinski definition) is 4. The molecule has 22 heavy (non-hydrogen) atoms. The van der Waals surface area contributed by atoms with Crippen molar-refractivity contribution in [1.29, 1.82) is 0 Å². The van der Waals surface area contributed by atoms with Crippen LogP contribution in [-0.4, -0.2) is 9.66 Å². The van der Waals surface area contributed by atoms with Crippen LogP contribution >= 0.6 is 0 Å². The van der Waals surface area contributed by atoms with E-state index in [0.29, 0.717) is 16.7 Å². The van der Waals surface area contributed by atoms with Crippen LogP contribution in [-0.2, 0) is 6.61 Å². The van der Waals surface area contributed by atoms with Crippen molar-refractivity contribution < 1.29 is 4.74 Å². The Balaban J connectivity index is 1.98.